The van der Waals surface area contributed by atoms with Gasteiger partial charge in [-0.25, -0.2) is 0 Å². The Morgan fingerprint density at radius 2 is 0.632 bits per heavy atom. The van der Waals surface area contributed by atoms with Crippen LogP contribution in [0.1, 0.15) is 1.43 Å². The maximum Gasteiger partial charge on any atom is 0.0542 e. The summed E-state index contributed by atoms with van der Waals surface area (Å²) >= 11 is 0. The number of benzene rings is 11. The highest BCUT2D eigenvalue weighted by molar-refractivity contribution is 6.13. The van der Waals surface area contributed by atoms with Crippen molar-refractivity contribution in [2.75, 3.05) is 9.80 Å². The van der Waals surface area contributed by atoms with Crippen LogP contribution >= 0.6 is 0 Å². The third kappa shape index (κ3) is 6.53. The zero-order chi connectivity index (χ0) is 45.0. The highest BCUT2D eigenvalue weighted by Crippen LogP contribution is 2.45. The molecule has 11 aromatic carbocycles. The van der Waals surface area contributed by atoms with Gasteiger partial charge in [0.25, 0.3) is 0 Å². The maximum absolute atomic E-state index is 2.41. The molecule has 0 aliphatic heterocycles. The highest BCUT2D eigenvalue weighted by atomic mass is 15.2. The molecule has 0 saturated heterocycles. The Labute approximate surface area is 396 Å². The summed E-state index contributed by atoms with van der Waals surface area (Å²) in [5.41, 5.74) is 16.0. The highest BCUT2D eigenvalue weighted by Gasteiger charge is 2.21. The van der Waals surface area contributed by atoms with Crippen LogP contribution in [0.15, 0.2) is 267 Å². The van der Waals surface area contributed by atoms with Gasteiger partial charge in [-0.2, -0.15) is 0 Å². The summed E-state index contributed by atoms with van der Waals surface area (Å²) in [7, 11) is 0. The number of para-hydroxylation sites is 6. The van der Waals surface area contributed by atoms with Gasteiger partial charge < -0.3 is 18.9 Å². The van der Waals surface area contributed by atoms with Gasteiger partial charge >= 0.3 is 0 Å². The zero-order valence-corrected chi connectivity index (χ0v) is 37.2. The fraction of sp³-hybridized carbons (Fsp3) is 0. The van der Waals surface area contributed by atoms with Crippen molar-refractivity contribution in [3.8, 4) is 22.5 Å². The molecule has 0 amide bonds. The van der Waals surface area contributed by atoms with Crippen LogP contribution < -0.4 is 9.80 Å². The van der Waals surface area contributed by atoms with Crippen LogP contribution in [0.4, 0.5) is 34.1 Å². The molecule has 0 atom stereocenters. The summed E-state index contributed by atoms with van der Waals surface area (Å²) in [6.45, 7) is 0. The monoisotopic (exact) mass is 870 g/mol. The Balaban J connectivity index is 0.00000492. The van der Waals surface area contributed by atoms with Gasteiger partial charge in [0.15, 0.2) is 0 Å². The Kier molecular flexibility index (Phi) is 9.47. The van der Waals surface area contributed by atoms with E-state index < -0.39 is 0 Å². The minimum absolute atomic E-state index is 0. The number of rotatable bonds is 9. The van der Waals surface area contributed by atoms with Gasteiger partial charge in [0, 0.05) is 68.2 Å². The minimum atomic E-state index is 0. The van der Waals surface area contributed by atoms with E-state index in [4.69, 9.17) is 0 Å². The lowest BCUT2D eigenvalue weighted by atomic mass is 9.96. The van der Waals surface area contributed by atoms with E-state index in [0.29, 0.717) is 0 Å². The van der Waals surface area contributed by atoms with Crippen LogP contribution in [0.3, 0.4) is 0 Å². The van der Waals surface area contributed by atoms with Gasteiger partial charge in [-0.3, -0.25) is 0 Å². The van der Waals surface area contributed by atoms with E-state index in [1.807, 2.05) is 0 Å². The average Bonchev–Trinajstić information content (AvgIpc) is 3.92. The van der Waals surface area contributed by atoms with Crippen LogP contribution in [0.2, 0.25) is 0 Å². The van der Waals surface area contributed by atoms with Gasteiger partial charge in [-0.05, 0) is 132 Å². The van der Waals surface area contributed by atoms with Gasteiger partial charge in [0.05, 0.1) is 27.8 Å². The van der Waals surface area contributed by atoms with Crippen LogP contribution in [0.5, 0.6) is 0 Å². The number of nitrogens with zero attached hydrogens (tertiary/aromatic N) is 4. The molecule has 4 nitrogen and oxygen atoms in total. The predicted octanol–water partition coefficient (Wildman–Crippen LogP) is 17.9. The summed E-state index contributed by atoms with van der Waals surface area (Å²) in [5, 5.41) is 7.27. The number of hydrogen-bond donors (Lipinski definition) is 0. The normalized spacial score (nSPS) is 11.5. The summed E-state index contributed by atoms with van der Waals surface area (Å²) in [6, 6.07) is 96.5. The quantitative estimate of drug-likeness (QED) is 0.144. The first-order chi connectivity index (χ1) is 33.8. The molecule has 0 N–H and O–H groups in total. The lowest BCUT2D eigenvalue weighted by Crippen LogP contribution is -2.10. The second-order valence-electron chi connectivity index (χ2n) is 17.3. The average molecular weight is 871 g/mol. The molecule has 0 saturated carbocycles. The van der Waals surface area contributed by atoms with Crippen LogP contribution in [0, 0.1) is 0 Å². The third-order valence-corrected chi connectivity index (χ3v) is 13.5. The van der Waals surface area contributed by atoms with Crippen LogP contribution in [0.25, 0.3) is 76.9 Å². The van der Waals surface area contributed by atoms with Crippen molar-refractivity contribution in [1.82, 2.24) is 9.13 Å². The molecule has 2 aromatic heterocycles. The number of fused-ring (bicyclic) bond motifs is 7. The molecule has 0 aliphatic carbocycles. The standard InChI is InChI=1S/C64H44N4.H2/c1-5-19-46(20-6-1)65(51-37-40-63-58(43-51)56-29-15-17-31-60(56)67(63)48-23-9-3-10-24-48)50-35-33-45(34-36-50)53-39-42-62(55-28-14-13-27-54(53)55)66(47-21-7-2-8-22-47)52-38-41-64-59(44-52)57-30-16-18-32-61(57)68(64)49-25-11-4-12-26-49;/h1-44H;1H. The van der Waals surface area contributed by atoms with Crippen molar-refractivity contribution < 1.29 is 1.43 Å². The molecule has 0 fully saturated rings. The molecule has 0 spiro atoms. The number of aromatic nitrogens is 2. The minimum Gasteiger partial charge on any atom is -0.310 e. The first kappa shape index (κ1) is 39.3. The predicted molar refractivity (Wildman–Crippen MR) is 290 cm³/mol. The summed E-state index contributed by atoms with van der Waals surface area (Å²) in [6.07, 6.45) is 0. The van der Waals surface area contributed by atoms with E-state index in [9.17, 15) is 0 Å². The molecule has 2 heterocycles. The Hall–Kier alpha value is -9.12. The van der Waals surface area contributed by atoms with Crippen LogP contribution in [-0.2, 0) is 0 Å². The van der Waals surface area contributed by atoms with Crippen LogP contribution in [-0.4, -0.2) is 9.13 Å². The summed E-state index contributed by atoms with van der Waals surface area (Å²) < 4.78 is 4.75. The third-order valence-electron chi connectivity index (χ3n) is 13.5. The van der Waals surface area contributed by atoms with E-state index in [1.165, 1.54) is 59.9 Å². The van der Waals surface area contributed by atoms with E-state index in [1.54, 1.807) is 0 Å². The molecule has 0 aliphatic rings. The molecule has 13 aromatic rings. The van der Waals surface area contributed by atoms with E-state index in [-0.39, 0.29) is 1.43 Å². The number of hydrogen-bond acceptors (Lipinski definition) is 2. The van der Waals surface area contributed by atoms with Gasteiger partial charge in [0.2, 0.25) is 0 Å². The van der Waals surface area contributed by atoms with Crippen molar-refractivity contribution in [1.29, 1.82) is 0 Å². The second kappa shape index (κ2) is 16.4. The molecular formula is C64H46N4. The van der Waals surface area contributed by atoms with Gasteiger partial charge in [0.1, 0.15) is 0 Å². The molecular weight excluding hydrogens is 825 g/mol. The maximum atomic E-state index is 2.41. The van der Waals surface area contributed by atoms with Crippen molar-refractivity contribution in [3.63, 3.8) is 0 Å². The number of anilines is 6. The van der Waals surface area contributed by atoms with Crippen molar-refractivity contribution in [2.24, 2.45) is 0 Å². The lowest BCUT2D eigenvalue weighted by molar-refractivity contribution is 1.18. The molecule has 13 rings (SSSR count). The largest absolute Gasteiger partial charge is 0.310 e. The summed E-state index contributed by atoms with van der Waals surface area (Å²) in [5.74, 6) is 0. The Morgan fingerprint density at radius 1 is 0.250 bits per heavy atom. The Morgan fingerprint density at radius 3 is 1.16 bits per heavy atom. The van der Waals surface area contributed by atoms with Crippen molar-refractivity contribution in [2.45, 2.75) is 0 Å². The fourth-order valence-electron chi connectivity index (χ4n) is 10.5. The van der Waals surface area contributed by atoms with E-state index in [0.717, 1.165) is 51.1 Å². The Bertz CT molecular complexity index is 3960. The lowest BCUT2D eigenvalue weighted by Gasteiger charge is -2.28. The summed E-state index contributed by atoms with van der Waals surface area (Å²) in [4.78, 5) is 4.78. The molecule has 0 unspecified atom stereocenters. The molecule has 68 heavy (non-hydrogen) atoms. The smallest absolute Gasteiger partial charge is 0.0542 e. The second-order valence-corrected chi connectivity index (χ2v) is 17.3. The van der Waals surface area contributed by atoms with E-state index in [2.05, 4.69) is 286 Å². The van der Waals surface area contributed by atoms with Crippen molar-refractivity contribution >= 4 is 88.5 Å². The topological polar surface area (TPSA) is 16.3 Å². The van der Waals surface area contributed by atoms with Crippen molar-refractivity contribution in [3.05, 3.63) is 267 Å². The zero-order valence-electron chi connectivity index (χ0n) is 37.2. The molecule has 0 bridgehead atoms. The molecule has 0 radical (unpaired) electrons. The van der Waals surface area contributed by atoms with E-state index >= 15 is 0 Å². The SMILES string of the molecule is [HH].c1ccc(N(c2ccc(-c3ccc(N(c4ccccc4)c4ccc5c(c4)c4ccccc4n5-c4ccccc4)c4ccccc34)cc2)c2ccc3c(c2)c2ccccc2n3-c2ccccc2)cc1. The fourth-order valence-corrected chi connectivity index (χ4v) is 10.5. The molecule has 322 valence electrons. The van der Waals surface area contributed by atoms with Gasteiger partial charge in [-0.15, -0.1) is 0 Å². The first-order valence-corrected chi connectivity index (χ1v) is 23.3. The molecule has 4 heteroatoms. The van der Waals surface area contributed by atoms with Gasteiger partial charge in [-0.1, -0.05) is 152 Å². The first-order valence-electron chi connectivity index (χ1n) is 23.3.